The lowest BCUT2D eigenvalue weighted by molar-refractivity contribution is -0.122. The standard InChI is InChI=1S/C20H19F3N6O3/c21-14-4-3-7-24-15(14)9-26-17(31)10-29-13(11-30)8-27-18(19(29)32)28-12-20(22,23)16-5-1-2-6-25-16/h1-8,30H,9-12H2,(H,26,31)(H,27,28). The average molecular weight is 448 g/mol. The van der Waals surface area contributed by atoms with E-state index in [1.165, 1.54) is 36.7 Å². The van der Waals surface area contributed by atoms with Crippen molar-refractivity contribution in [2.45, 2.75) is 25.6 Å². The number of aliphatic hydroxyl groups is 1. The summed E-state index contributed by atoms with van der Waals surface area (Å²) in [6.07, 6.45) is 3.68. The zero-order chi connectivity index (χ0) is 23.1. The molecule has 0 radical (unpaired) electrons. The van der Waals surface area contributed by atoms with Gasteiger partial charge >= 0.3 is 5.92 Å². The first-order chi connectivity index (χ1) is 15.3. The third kappa shape index (κ3) is 5.46. The topological polar surface area (TPSA) is 122 Å². The van der Waals surface area contributed by atoms with Crippen LogP contribution in [0.5, 0.6) is 0 Å². The first-order valence-corrected chi connectivity index (χ1v) is 9.40. The molecule has 0 aromatic carbocycles. The Hall–Kier alpha value is -3.80. The SMILES string of the molecule is O=C(Cn1c(CO)cnc(NCC(F)(F)c2ccccn2)c1=O)NCc1ncccc1F. The van der Waals surface area contributed by atoms with E-state index in [9.17, 15) is 27.9 Å². The van der Waals surface area contributed by atoms with Crippen LogP contribution in [-0.4, -0.2) is 37.1 Å². The van der Waals surface area contributed by atoms with Crippen molar-refractivity contribution in [1.29, 1.82) is 0 Å². The molecule has 3 N–H and O–H groups in total. The molecule has 0 bridgehead atoms. The predicted molar refractivity (Wildman–Crippen MR) is 107 cm³/mol. The van der Waals surface area contributed by atoms with Crippen molar-refractivity contribution in [3.8, 4) is 0 Å². The van der Waals surface area contributed by atoms with Crippen LogP contribution in [0.15, 0.2) is 53.7 Å². The van der Waals surface area contributed by atoms with Gasteiger partial charge in [0.15, 0.2) is 5.82 Å². The summed E-state index contributed by atoms with van der Waals surface area (Å²) in [4.78, 5) is 36.1. The Labute approximate surface area is 180 Å². The number of aliphatic hydroxyl groups excluding tert-OH is 1. The zero-order valence-electron chi connectivity index (χ0n) is 16.6. The normalized spacial score (nSPS) is 11.2. The number of rotatable bonds is 9. The summed E-state index contributed by atoms with van der Waals surface area (Å²) in [6.45, 7) is -2.34. The number of pyridine rings is 2. The summed E-state index contributed by atoms with van der Waals surface area (Å²) >= 11 is 0. The molecule has 0 saturated heterocycles. The van der Waals surface area contributed by atoms with Crippen molar-refractivity contribution < 1.29 is 23.1 Å². The van der Waals surface area contributed by atoms with Gasteiger partial charge in [-0.05, 0) is 24.3 Å². The predicted octanol–water partition coefficient (Wildman–Crippen LogP) is 1.18. The number of hydrogen-bond donors (Lipinski definition) is 3. The monoisotopic (exact) mass is 448 g/mol. The number of halogens is 3. The quantitative estimate of drug-likeness (QED) is 0.449. The number of nitrogens with zero attached hydrogens (tertiary/aromatic N) is 4. The molecule has 0 aliphatic rings. The maximum Gasteiger partial charge on any atom is 0.306 e. The minimum Gasteiger partial charge on any atom is -0.390 e. The van der Waals surface area contributed by atoms with E-state index in [-0.39, 0.29) is 17.9 Å². The number of carbonyl (C=O) groups is 1. The van der Waals surface area contributed by atoms with Crippen LogP contribution < -0.4 is 16.2 Å². The van der Waals surface area contributed by atoms with Crippen molar-refractivity contribution >= 4 is 11.7 Å². The largest absolute Gasteiger partial charge is 0.390 e. The van der Waals surface area contributed by atoms with E-state index in [1.54, 1.807) is 0 Å². The summed E-state index contributed by atoms with van der Waals surface area (Å²) < 4.78 is 43.2. The summed E-state index contributed by atoms with van der Waals surface area (Å²) in [5.41, 5.74) is -1.37. The van der Waals surface area contributed by atoms with Crippen LogP contribution in [0.3, 0.4) is 0 Å². The van der Waals surface area contributed by atoms with E-state index in [4.69, 9.17) is 0 Å². The van der Waals surface area contributed by atoms with Gasteiger partial charge in [-0.2, -0.15) is 8.78 Å². The number of nitrogens with one attached hydrogen (secondary N) is 2. The molecular weight excluding hydrogens is 429 g/mol. The van der Waals surface area contributed by atoms with Crippen molar-refractivity contribution in [2.75, 3.05) is 11.9 Å². The second-order valence-electron chi connectivity index (χ2n) is 6.63. The average Bonchev–Trinajstić information content (AvgIpc) is 2.79. The Balaban J connectivity index is 1.72. The van der Waals surface area contributed by atoms with Crippen LogP contribution in [0.25, 0.3) is 0 Å². The Morgan fingerprint density at radius 3 is 2.59 bits per heavy atom. The van der Waals surface area contributed by atoms with E-state index in [0.29, 0.717) is 0 Å². The van der Waals surface area contributed by atoms with Gasteiger partial charge in [0.25, 0.3) is 5.56 Å². The number of hydrogen-bond acceptors (Lipinski definition) is 7. The van der Waals surface area contributed by atoms with E-state index >= 15 is 0 Å². The van der Waals surface area contributed by atoms with Crippen molar-refractivity contribution in [3.63, 3.8) is 0 Å². The molecule has 9 nitrogen and oxygen atoms in total. The smallest absolute Gasteiger partial charge is 0.306 e. The second kappa shape index (κ2) is 10.0. The summed E-state index contributed by atoms with van der Waals surface area (Å²) in [5, 5.41) is 14.1. The minimum absolute atomic E-state index is 0.00352. The fourth-order valence-electron chi connectivity index (χ4n) is 2.74. The molecule has 0 saturated carbocycles. The maximum absolute atomic E-state index is 14.3. The van der Waals surface area contributed by atoms with Crippen LogP contribution in [0.1, 0.15) is 17.1 Å². The van der Waals surface area contributed by atoms with Gasteiger partial charge in [0.2, 0.25) is 5.91 Å². The second-order valence-corrected chi connectivity index (χ2v) is 6.63. The molecule has 0 unspecified atom stereocenters. The summed E-state index contributed by atoms with van der Waals surface area (Å²) in [6, 6.07) is 6.64. The number of anilines is 1. The molecule has 0 aliphatic heterocycles. The fourth-order valence-corrected chi connectivity index (χ4v) is 2.74. The van der Waals surface area contributed by atoms with Gasteiger partial charge in [-0.3, -0.25) is 24.1 Å². The van der Waals surface area contributed by atoms with Crippen molar-refractivity contribution in [3.05, 3.63) is 82.2 Å². The first-order valence-electron chi connectivity index (χ1n) is 9.40. The van der Waals surface area contributed by atoms with Crippen LogP contribution in [0.2, 0.25) is 0 Å². The molecule has 0 spiro atoms. The molecule has 168 valence electrons. The molecule has 32 heavy (non-hydrogen) atoms. The van der Waals surface area contributed by atoms with Crippen molar-refractivity contribution in [1.82, 2.24) is 24.8 Å². The van der Waals surface area contributed by atoms with E-state index in [0.717, 1.165) is 16.8 Å². The highest BCUT2D eigenvalue weighted by atomic mass is 19.3. The third-order valence-electron chi connectivity index (χ3n) is 4.41. The summed E-state index contributed by atoms with van der Waals surface area (Å²) in [7, 11) is 0. The lowest BCUT2D eigenvalue weighted by Crippen LogP contribution is -2.36. The number of aromatic nitrogens is 4. The van der Waals surface area contributed by atoms with Crippen LogP contribution >= 0.6 is 0 Å². The van der Waals surface area contributed by atoms with Crippen LogP contribution in [0, 0.1) is 5.82 Å². The van der Waals surface area contributed by atoms with Crippen molar-refractivity contribution in [2.24, 2.45) is 0 Å². The molecule has 0 aliphatic carbocycles. The molecular formula is C20H19F3N6O3. The Morgan fingerprint density at radius 1 is 1.12 bits per heavy atom. The van der Waals surface area contributed by atoms with Crippen LogP contribution in [-0.2, 0) is 30.4 Å². The van der Waals surface area contributed by atoms with E-state index in [1.807, 2.05) is 0 Å². The van der Waals surface area contributed by atoms with Gasteiger partial charge in [0, 0.05) is 12.4 Å². The molecule has 3 aromatic rings. The van der Waals surface area contributed by atoms with Gasteiger partial charge in [-0.25, -0.2) is 9.37 Å². The molecule has 1 amide bonds. The van der Waals surface area contributed by atoms with E-state index in [2.05, 4.69) is 25.6 Å². The van der Waals surface area contributed by atoms with E-state index < -0.39 is 54.4 Å². The Morgan fingerprint density at radius 2 is 1.91 bits per heavy atom. The highest BCUT2D eigenvalue weighted by molar-refractivity contribution is 5.75. The molecule has 0 atom stereocenters. The van der Waals surface area contributed by atoms with Gasteiger partial charge in [-0.15, -0.1) is 0 Å². The van der Waals surface area contributed by atoms with Gasteiger partial charge in [0.1, 0.15) is 18.1 Å². The first kappa shape index (κ1) is 22.9. The molecule has 3 rings (SSSR count). The lowest BCUT2D eigenvalue weighted by atomic mass is 10.2. The Kier molecular flexibility index (Phi) is 7.15. The van der Waals surface area contributed by atoms with Gasteiger partial charge < -0.3 is 15.7 Å². The zero-order valence-corrected chi connectivity index (χ0v) is 16.6. The lowest BCUT2D eigenvalue weighted by Gasteiger charge is -2.17. The minimum atomic E-state index is -3.39. The van der Waals surface area contributed by atoms with Gasteiger partial charge in [0.05, 0.1) is 37.3 Å². The number of alkyl halides is 2. The number of amides is 1. The van der Waals surface area contributed by atoms with Crippen LogP contribution in [0.4, 0.5) is 19.0 Å². The maximum atomic E-state index is 14.3. The van der Waals surface area contributed by atoms with Gasteiger partial charge in [-0.1, -0.05) is 6.07 Å². The fraction of sp³-hybridized carbons (Fsp3) is 0.250. The molecule has 0 fully saturated rings. The Bertz CT molecular complexity index is 1140. The third-order valence-corrected chi connectivity index (χ3v) is 4.41. The molecule has 3 aromatic heterocycles. The number of carbonyl (C=O) groups excluding carboxylic acids is 1. The molecule has 3 heterocycles. The highest BCUT2D eigenvalue weighted by Gasteiger charge is 2.33. The highest BCUT2D eigenvalue weighted by Crippen LogP contribution is 2.25. The molecule has 12 heteroatoms. The summed E-state index contributed by atoms with van der Waals surface area (Å²) in [5.74, 6) is -5.10.